The zero-order chi connectivity index (χ0) is 18.6. The molecule has 0 saturated carbocycles. The van der Waals surface area contributed by atoms with Crippen molar-refractivity contribution in [1.29, 1.82) is 0 Å². The van der Waals surface area contributed by atoms with Crippen LogP contribution in [0.25, 0.3) is 0 Å². The fourth-order valence-corrected chi connectivity index (χ4v) is 3.24. The number of hydrogen-bond donors (Lipinski definition) is 0. The van der Waals surface area contributed by atoms with Gasteiger partial charge < -0.3 is 0 Å². The van der Waals surface area contributed by atoms with Crippen molar-refractivity contribution in [2.75, 3.05) is 0 Å². The van der Waals surface area contributed by atoms with Gasteiger partial charge in [-0.1, -0.05) is 75.3 Å². The third-order valence-electron chi connectivity index (χ3n) is 4.61. The summed E-state index contributed by atoms with van der Waals surface area (Å²) >= 11 is 0. The van der Waals surface area contributed by atoms with Crippen LogP contribution in [-0.4, -0.2) is 7.28 Å². The molecule has 0 amide bonds. The Labute approximate surface area is 145 Å². The molecule has 0 aromatic heterocycles. The van der Waals surface area contributed by atoms with Gasteiger partial charge in [0, 0.05) is 5.56 Å². The smallest absolute Gasteiger partial charge is 0.200 e. The van der Waals surface area contributed by atoms with Crippen LogP contribution in [-0.2, 0) is 11.6 Å². The van der Waals surface area contributed by atoms with Crippen LogP contribution in [0.5, 0.6) is 0 Å². The summed E-state index contributed by atoms with van der Waals surface area (Å²) in [4.78, 5) is 0. The van der Waals surface area contributed by atoms with E-state index in [4.69, 9.17) is 0 Å². The second-order valence-corrected chi connectivity index (χ2v) is 6.10. The molecule has 0 nitrogen and oxygen atoms in total. The normalized spacial score (nSPS) is 13.6. The third kappa shape index (κ3) is 3.72. The summed E-state index contributed by atoms with van der Waals surface area (Å²) in [7, 11) is 1.67. The zero-order valence-electron chi connectivity index (χ0n) is 14.2. The van der Waals surface area contributed by atoms with Gasteiger partial charge in [-0.25, -0.2) is 22.0 Å². The van der Waals surface area contributed by atoms with Gasteiger partial charge in [0.25, 0.3) is 0 Å². The molecule has 25 heavy (non-hydrogen) atoms. The Morgan fingerprint density at radius 1 is 0.800 bits per heavy atom. The Kier molecular flexibility index (Phi) is 6.25. The average molecular weight is 353 g/mol. The van der Waals surface area contributed by atoms with Crippen LogP contribution in [0.4, 0.5) is 22.0 Å². The van der Waals surface area contributed by atoms with E-state index in [2.05, 4.69) is 0 Å². The van der Waals surface area contributed by atoms with Gasteiger partial charge in [0.15, 0.2) is 23.3 Å². The fourth-order valence-electron chi connectivity index (χ4n) is 3.24. The van der Waals surface area contributed by atoms with E-state index < -0.39 is 40.0 Å². The lowest BCUT2D eigenvalue weighted by Crippen LogP contribution is -2.37. The first kappa shape index (κ1) is 19.5. The zero-order valence-corrected chi connectivity index (χ0v) is 14.2. The highest BCUT2D eigenvalue weighted by molar-refractivity contribution is 6.39. The maximum absolute atomic E-state index is 14.4. The van der Waals surface area contributed by atoms with Gasteiger partial charge >= 0.3 is 0 Å². The minimum absolute atomic E-state index is 0.228. The molecular weight excluding hydrogens is 334 g/mol. The third-order valence-corrected chi connectivity index (χ3v) is 4.61. The molecule has 0 spiro atoms. The lowest BCUT2D eigenvalue weighted by atomic mass is 9.44. The van der Waals surface area contributed by atoms with E-state index in [0.29, 0.717) is 12.7 Å². The average Bonchev–Trinajstić information content (AvgIpc) is 2.63. The van der Waals surface area contributed by atoms with Crippen LogP contribution in [0.2, 0.25) is 0 Å². The SMILES string of the molecule is CCCC([B]Cc1ccccc1)(CC)c1c(F)c(F)c(F)c(F)c1F. The second kappa shape index (κ2) is 8.02. The molecule has 133 valence electrons. The first-order valence-electron chi connectivity index (χ1n) is 8.28. The Bertz CT molecular complexity index is 703. The molecule has 1 radical (unpaired) electrons. The van der Waals surface area contributed by atoms with Gasteiger partial charge in [-0.3, -0.25) is 0 Å². The molecule has 0 heterocycles. The number of halogens is 5. The Balaban J connectivity index is 2.54. The predicted molar refractivity (Wildman–Crippen MR) is 89.0 cm³/mol. The topological polar surface area (TPSA) is 0 Å². The number of benzene rings is 2. The Hall–Kier alpha value is -1.85. The molecule has 2 rings (SSSR count). The molecule has 0 fully saturated rings. The van der Waals surface area contributed by atoms with Crippen LogP contribution in [0, 0.1) is 29.1 Å². The summed E-state index contributed by atoms with van der Waals surface area (Å²) in [6.07, 6.45) is 1.42. The van der Waals surface area contributed by atoms with Gasteiger partial charge in [0.05, 0.1) is 0 Å². The van der Waals surface area contributed by atoms with E-state index in [0.717, 1.165) is 5.56 Å². The minimum atomic E-state index is -2.12. The molecule has 1 atom stereocenters. The van der Waals surface area contributed by atoms with E-state index in [1.165, 1.54) is 0 Å². The molecule has 0 saturated heterocycles. The molecule has 6 heteroatoms. The van der Waals surface area contributed by atoms with Gasteiger partial charge in [0.1, 0.15) is 7.28 Å². The van der Waals surface area contributed by atoms with E-state index >= 15 is 0 Å². The van der Waals surface area contributed by atoms with Crippen molar-refractivity contribution in [3.63, 3.8) is 0 Å². The van der Waals surface area contributed by atoms with Crippen molar-refractivity contribution in [2.45, 2.75) is 44.7 Å². The highest BCUT2D eigenvalue weighted by atomic mass is 19.2. The van der Waals surface area contributed by atoms with Crippen LogP contribution in [0.3, 0.4) is 0 Å². The molecule has 0 aliphatic heterocycles. The maximum atomic E-state index is 14.4. The summed E-state index contributed by atoms with van der Waals surface area (Å²) in [5.74, 6) is -9.39. The number of rotatable bonds is 7. The molecule has 2 aromatic carbocycles. The predicted octanol–water partition coefficient (Wildman–Crippen LogP) is 5.69. The molecule has 2 aromatic rings. The summed E-state index contributed by atoms with van der Waals surface area (Å²) in [6, 6.07) is 9.19. The summed E-state index contributed by atoms with van der Waals surface area (Å²) < 4.78 is 69.6. The van der Waals surface area contributed by atoms with Crippen LogP contribution < -0.4 is 0 Å². The van der Waals surface area contributed by atoms with Crippen molar-refractivity contribution in [2.24, 2.45) is 0 Å². The fraction of sp³-hybridized carbons (Fsp3) is 0.368. The lowest BCUT2D eigenvalue weighted by Gasteiger charge is -2.34. The van der Waals surface area contributed by atoms with Crippen molar-refractivity contribution < 1.29 is 22.0 Å². The van der Waals surface area contributed by atoms with Crippen molar-refractivity contribution >= 4 is 7.28 Å². The van der Waals surface area contributed by atoms with Crippen LogP contribution >= 0.6 is 0 Å². The van der Waals surface area contributed by atoms with Crippen LogP contribution in [0.1, 0.15) is 44.2 Å². The van der Waals surface area contributed by atoms with Gasteiger partial charge in [-0.05, 0) is 5.31 Å². The minimum Gasteiger partial charge on any atom is -0.203 e. The number of hydrogen-bond acceptors (Lipinski definition) is 0. The van der Waals surface area contributed by atoms with Crippen molar-refractivity contribution in [1.82, 2.24) is 0 Å². The second-order valence-electron chi connectivity index (χ2n) is 6.10. The molecule has 0 N–H and O–H groups in total. The highest BCUT2D eigenvalue weighted by Gasteiger charge is 2.39. The first-order chi connectivity index (χ1) is 11.9. The summed E-state index contributed by atoms with van der Waals surface area (Å²) in [6.45, 7) is 3.50. The Morgan fingerprint density at radius 2 is 1.32 bits per heavy atom. The monoisotopic (exact) mass is 353 g/mol. The summed E-state index contributed by atoms with van der Waals surface area (Å²) in [5.41, 5.74) is 0.171. The van der Waals surface area contributed by atoms with E-state index in [1.807, 2.05) is 37.3 Å². The van der Waals surface area contributed by atoms with Gasteiger partial charge in [0.2, 0.25) is 5.82 Å². The molecule has 0 aliphatic rings. The first-order valence-corrected chi connectivity index (χ1v) is 8.28. The van der Waals surface area contributed by atoms with Gasteiger partial charge in [-0.2, -0.15) is 0 Å². The van der Waals surface area contributed by atoms with E-state index in [1.54, 1.807) is 14.2 Å². The standard InChI is InChI=1S/C19H19BF5/c1-3-10-19(4-2,20-11-12-8-6-5-7-9-12)13-14(21)16(23)18(25)17(24)15(13)22/h5-9H,3-4,10-11H2,1-2H3. The van der Waals surface area contributed by atoms with Gasteiger partial charge in [-0.15, -0.1) is 0 Å². The van der Waals surface area contributed by atoms with E-state index in [-0.39, 0.29) is 12.8 Å². The Morgan fingerprint density at radius 3 is 1.80 bits per heavy atom. The van der Waals surface area contributed by atoms with Crippen molar-refractivity contribution in [3.8, 4) is 0 Å². The maximum Gasteiger partial charge on any atom is 0.200 e. The lowest BCUT2D eigenvalue weighted by molar-refractivity contribution is 0.350. The molecule has 1 unspecified atom stereocenters. The van der Waals surface area contributed by atoms with E-state index in [9.17, 15) is 22.0 Å². The molecule has 0 bridgehead atoms. The summed E-state index contributed by atoms with van der Waals surface area (Å²) in [5, 5.41) is -1.23. The molecule has 0 aliphatic carbocycles. The van der Waals surface area contributed by atoms with Crippen molar-refractivity contribution in [3.05, 3.63) is 70.5 Å². The molecular formula is C19H19BF5. The van der Waals surface area contributed by atoms with Crippen LogP contribution in [0.15, 0.2) is 30.3 Å². The highest BCUT2D eigenvalue weighted by Crippen LogP contribution is 2.38. The quantitative estimate of drug-likeness (QED) is 0.260. The largest absolute Gasteiger partial charge is 0.203 e.